The summed E-state index contributed by atoms with van der Waals surface area (Å²) >= 11 is 2.70. The van der Waals surface area contributed by atoms with Crippen molar-refractivity contribution in [3.8, 4) is 0 Å². The molecule has 0 radical (unpaired) electrons. The number of pyridine rings is 1. The van der Waals surface area contributed by atoms with Crippen LogP contribution in [0.3, 0.4) is 0 Å². The fourth-order valence-corrected chi connectivity index (χ4v) is 5.57. The number of carbonyl (C=O) groups is 1. The lowest BCUT2D eigenvalue weighted by Gasteiger charge is -2.16. The fraction of sp³-hybridized carbons (Fsp3) is 0.360. The van der Waals surface area contributed by atoms with Crippen molar-refractivity contribution < 1.29 is 4.79 Å². The molecule has 0 fully saturated rings. The van der Waals surface area contributed by atoms with Crippen LogP contribution in [-0.4, -0.2) is 32.2 Å². The van der Waals surface area contributed by atoms with E-state index in [0.29, 0.717) is 21.9 Å². The normalized spacial score (nSPS) is 12.5. The molecule has 0 saturated carbocycles. The first-order valence-electron chi connectivity index (χ1n) is 11.2. The second-order valence-corrected chi connectivity index (χ2v) is 10.6. The molecule has 0 spiro atoms. The maximum atomic E-state index is 13.3. The van der Waals surface area contributed by atoms with Gasteiger partial charge >= 0.3 is 0 Å². The number of aryl methyl sites for hydroxylation is 1. The summed E-state index contributed by atoms with van der Waals surface area (Å²) in [5.41, 5.74) is 1.88. The molecule has 0 aliphatic heterocycles. The van der Waals surface area contributed by atoms with Crippen LogP contribution in [0.1, 0.15) is 32.8 Å². The Hall–Kier alpha value is -2.71. The molecule has 1 amide bonds. The van der Waals surface area contributed by atoms with Crippen molar-refractivity contribution in [2.45, 2.75) is 51.4 Å². The SMILES string of the molecule is CC(C)Cn1c(SCC(=O)N[C@H](C)CCc2ccccc2)nc2c(sc3ncccc32)c1=O. The summed E-state index contributed by atoms with van der Waals surface area (Å²) in [6, 6.07) is 14.1. The van der Waals surface area contributed by atoms with Gasteiger partial charge in [0.2, 0.25) is 5.91 Å². The van der Waals surface area contributed by atoms with E-state index in [1.54, 1.807) is 10.8 Å². The molecule has 1 atom stereocenters. The molecule has 0 bridgehead atoms. The van der Waals surface area contributed by atoms with E-state index in [-0.39, 0.29) is 29.2 Å². The van der Waals surface area contributed by atoms with Crippen LogP contribution in [0.4, 0.5) is 0 Å². The minimum absolute atomic E-state index is 0.0529. The maximum absolute atomic E-state index is 13.3. The first kappa shape index (κ1) is 23.4. The lowest BCUT2D eigenvalue weighted by molar-refractivity contribution is -0.119. The number of thiophene rings is 1. The van der Waals surface area contributed by atoms with E-state index in [4.69, 9.17) is 4.98 Å². The third kappa shape index (κ3) is 5.62. The van der Waals surface area contributed by atoms with Crippen molar-refractivity contribution in [2.75, 3.05) is 5.75 Å². The predicted molar refractivity (Wildman–Crippen MR) is 137 cm³/mol. The van der Waals surface area contributed by atoms with E-state index < -0.39 is 0 Å². The van der Waals surface area contributed by atoms with Gasteiger partial charge in [-0.15, -0.1) is 11.3 Å². The maximum Gasteiger partial charge on any atom is 0.272 e. The van der Waals surface area contributed by atoms with Gasteiger partial charge in [0.05, 0.1) is 11.3 Å². The highest BCUT2D eigenvalue weighted by molar-refractivity contribution is 7.99. The number of nitrogens with zero attached hydrogens (tertiary/aromatic N) is 3. The molecule has 1 aromatic carbocycles. The number of fused-ring (bicyclic) bond motifs is 3. The van der Waals surface area contributed by atoms with Crippen molar-refractivity contribution in [3.05, 3.63) is 64.6 Å². The Morgan fingerprint density at radius 3 is 2.70 bits per heavy atom. The minimum atomic E-state index is -0.0594. The van der Waals surface area contributed by atoms with Gasteiger partial charge in [-0.3, -0.25) is 14.2 Å². The molecule has 33 heavy (non-hydrogen) atoms. The zero-order chi connectivity index (χ0) is 23.4. The van der Waals surface area contributed by atoms with Crippen LogP contribution < -0.4 is 10.9 Å². The number of carbonyl (C=O) groups excluding carboxylic acids is 1. The van der Waals surface area contributed by atoms with Crippen LogP contribution >= 0.6 is 23.1 Å². The highest BCUT2D eigenvalue weighted by atomic mass is 32.2. The van der Waals surface area contributed by atoms with Crippen molar-refractivity contribution in [1.82, 2.24) is 19.9 Å². The van der Waals surface area contributed by atoms with Gasteiger partial charge in [-0.1, -0.05) is 55.9 Å². The van der Waals surface area contributed by atoms with Gasteiger partial charge in [0.25, 0.3) is 5.56 Å². The molecule has 4 rings (SSSR count). The van der Waals surface area contributed by atoms with Gasteiger partial charge in [0.1, 0.15) is 9.53 Å². The Kier molecular flexibility index (Phi) is 7.45. The number of hydrogen-bond donors (Lipinski definition) is 1. The highest BCUT2D eigenvalue weighted by Gasteiger charge is 2.18. The molecule has 0 saturated heterocycles. The standard InChI is InChI=1S/C25H28N4O2S2/c1-16(2)14-29-24(31)22-21(19-10-7-13-26-23(19)33-22)28-25(29)32-15-20(30)27-17(3)11-12-18-8-5-4-6-9-18/h4-10,13,16-17H,11-12,14-15H2,1-3H3,(H,27,30)/t17-/m1/s1. The Morgan fingerprint density at radius 2 is 1.94 bits per heavy atom. The zero-order valence-electron chi connectivity index (χ0n) is 19.1. The molecule has 4 aromatic rings. The first-order chi connectivity index (χ1) is 15.9. The van der Waals surface area contributed by atoms with E-state index in [0.717, 1.165) is 23.1 Å². The average molecular weight is 481 g/mol. The number of nitrogens with one attached hydrogen (secondary N) is 1. The third-order valence-electron chi connectivity index (χ3n) is 5.31. The highest BCUT2D eigenvalue weighted by Crippen LogP contribution is 2.30. The van der Waals surface area contributed by atoms with Crippen molar-refractivity contribution in [2.24, 2.45) is 5.92 Å². The van der Waals surface area contributed by atoms with E-state index in [9.17, 15) is 9.59 Å². The van der Waals surface area contributed by atoms with Gasteiger partial charge in [0.15, 0.2) is 5.16 Å². The predicted octanol–water partition coefficient (Wildman–Crippen LogP) is 4.89. The molecule has 0 aliphatic carbocycles. The van der Waals surface area contributed by atoms with Crippen LogP contribution in [0.15, 0.2) is 58.6 Å². The summed E-state index contributed by atoms with van der Waals surface area (Å²) in [4.78, 5) is 35.9. The van der Waals surface area contributed by atoms with E-state index in [1.165, 1.54) is 28.7 Å². The summed E-state index contributed by atoms with van der Waals surface area (Å²) in [7, 11) is 0. The van der Waals surface area contributed by atoms with Gasteiger partial charge in [0, 0.05) is 24.2 Å². The van der Waals surface area contributed by atoms with E-state index in [2.05, 4.69) is 36.3 Å². The van der Waals surface area contributed by atoms with Crippen LogP contribution in [-0.2, 0) is 17.8 Å². The Bertz CT molecular complexity index is 1310. The topological polar surface area (TPSA) is 76.9 Å². The molecule has 3 heterocycles. The monoisotopic (exact) mass is 480 g/mol. The molecule has 0 aliphatic rings. The Labute approximate surface area is 201 Å². The van der Waals surface area contributed by atoms with Crippen molar-refractivity contribution >= 4 is 49.4 Å². The smallest absolute Gasteiger partial charge is 0.272 e. The first-order valence-corrected chi connectivity index (χ1v) is 13.0. The number of rotatable bonds is 9. The number of benzene rings is 1. The quantitative estimate of drug-likeness (QED) is 0.273. The van der Waals surface area contributed by atoms with Gasteiger partial charge in [-0.25, -0.2) is 9.97 Å². The second kappa shape index (κ2) is 10.5. The zero-order valence-corrected chi connectivity index (χ0v) is 20.7. The molecule has 1 N–H and O–H groups in total. The van der Waals surface area contributed by atoms with Crippen LogP contribution in [0, 0.1) is 5.92 Å². The van der Waals surface area contributed by atoms with Gasteiger partial charge in [-0.2, -0.15) is 0 Å². The van der Waals surface area contributed by atoms with Gasteiger partial charge in [-0.05, 0) is 43.4 Å². The molecular weight excluding hydrogens is 452 g/mol. The minimum Gasteiger partial charge on any atom is -0.353 e. The third-order valence-corrected chi connectivity index (χ3v) is 7.38. The summed E-state index contributed by atoms with van der Waals surface area (Å²) in [5, 5.41) is 4.54. The molecule has 172 valence electrons. The summed E-state index contributed by atoms with van der Waals surface area (Å²) < 4.78 is 2.33. The fourth-order valence-electron chi connectivity index (χ4n) is 3.72. The average Bonchev–Trinajstić information content (AvgIpc) is 3.18. The Morgan fingerprint density at radius 1 is 1.15 bits per heavy atom. The summed E-state index contributed by atoms with van der Waals surface area (Å²) in [6.45, 7) is 6.72. The second-order valence-electron chi connectivity index (χ2n) is 8.62. The lowest BCUT2D eigenvalue weighted by Crippen LogP contribution is -2.34. The summed E-state index contributed by atoms with van der Waals surface area (Å²) in [5.74, 6) is 0.440. The van der Waals surface area contributed by atoms with Crippen LogP contribution in [0.2, 0.25) is 0 Å². The number of hydrogen-bond acceptors (Lipinski definition) is 6. The lowest BCUT2D eigenvalue weighted by atomic mass is 10.1. The van der Waals surface area contributed by atoms with E-state index >= 15 is 0 Å². The number of amides is 1. The van der Waals surface area contributed by atoms with Crippen LogP contribution in [0.25, 0.3) is 20.4 Å². The molecule has 0 unspecified atom stereocenters. The van der Waals surface area contributed by atoms with Crippen LogP contribution in [0.5, 0.6) is 0 Å². The van der Waals surface area contributed by atoms with Crippen molar-refractivity contribution in [3.63, 3.8) is 0 Å². The molecule has 6 nitrogen and oxygen atoms in total. The Balaban J connectivity index is 1.49. The molecule has 8 heteroatoms. The molecular formula is C25H28N4O2S2. The summed E-state index contributed by atoms with van der Waals surface area (Å²) in [6.07, 6.45) is 3.51. The molecule has 3 aromatic heterocycles. The van der Waals surface area contributed by atoms with Crippen molar-refractivity contribution in [1.29, 1.82) is 0 Å². The van der Waals surface area contributed by atoms with Gasteiger partial charge < -0.3 is 5.32 Å². The largest absolute Gasteiger partial charge is 0.353 e. The van der Waals surface area contributed by atoms with E-state index in [1.807, 2.05) is 37.3 Å². The number of aromatic nitrogens is 3. The number of thioether (sulfide) groups is 1.